The van der Waals surface area contributed by atoms with E-state index in [2.05, 4.69) is 22.2 Å². The Balaban J connectivity index is 1.78. The Kier molecular flexibility index (Phi) is 3.58. The molecule has 0 radical (unpaired) electrons. The van der Waals surface area contributed by atoms with Gasteiger partial charge in [-0.2, -0.15) is 5.10 Å². The molecule has 24 heavy (non-hydrogen) atoms. The van der Waals surface area contributed by atoms with Crippen molar-refractivity contribution >= 4 is 32.6 Å². The van der Waals surface area contributed by atoms with E-state index in [-0.39, 0.29) is 5.92 Å². The Bertz CT molecular complexity index is 1030. The predicted octanol–water partition coefficient (Wildman–Crippen LogP) is 3.93. The van der Waals surface area contributed by atoms with Crippen molar-refractivity contribution in [2.45, 2.75) is 20.0 Å². The largest absolute Gasteiger partial charge is 0.387 e. The summed E-state index contributed by atoms with van der Waals surface area (Å²) in [7, 11) is 1.89. The molecule has 6 heteroatoms. The van der Waals surface area contributed by atoms with Gasteiger partial charge in [-0.3, -0.25) is 4.68 Å². The summed E-state index contributed by atoms with van der Waals surface area (Å²) in [5, 5.41) is 16.6. The van der Waals surface area contributed by atoms with Crippen molar-refractivity contribution in [3.8, 4) is 11.3 Å². The maximum atomic E-state index is 10.3. The molecule has 0 aliphatic carbocycles. The second-order valence-corrected chi connectivity index (χ2v) is 7.43. The Morgan fingerprint density at radius 1 is 1.17 bits per heavy atom. The van der Waals surface area contributed by atoms with Crippen LogP contribution in [0.25, 0.3) is 32.5 Å². The number of aryl methyl sites for hydroxylation is 1. The zero-order valence-electron chi connectivity index (χ0n) is 13.8. The summed E-state index contributed by atoms with van der Waals surface area (Å²) in [5.41, 5.74) is 2.59. The summed E-state index contributed by atoms with van der Waals surface area (Å²) in [6, 6.07) is 8.14. The first-order valence-electron chi connectivity index (χ1n) is 7.89. The first-order valence-corrected chi connectivity index (χ1v) is 8.71. The predicted molar refractivity (Wildman–Crippen MR) is 96.9 cm³/mol. The van der Waals surface area contributed by atoms with Crippen molar-refractivity contribution in [1.29, 1.82) is 0 Å². The normalized spacial score (nSPS) is 13.2. The van der Waals surface area contributed by atoms with Gasteiger partial charge in [-0.15, -0.1) is 11.3 Å². The Labute approximate surface area is 143 Å². The van der Waals surface area contributed by atoms with Crippen LogP contribution in [0, 0.1) is 5.92 Å². The smallest absolute Gasteiger partial charge is 0.181 e. The molecule has 5 nitrogen and oxygen atoms in total. The molecule has 0 bridgehead atoms. The van der Waals surface area contributed by atoms with Crippen LogP contribution >= 0.6 is 11.3 Å². The first kappa shape index (κ1) is 15.2. The highest BCUT2D eigenvalue weighted by Gasteiger charge is 2.16. The van der Waals surface area contributed by atoms with Gasteiger partial charge in [0.05, 0.1) is 11.8 Å². The molecule has 1 atom stereocenters. The molecule has 0 fully saturated rings. The van der Waals surface area contributed by atoms with E-state index < -0.39 is 6.10 Å². The zero-order chi connectivity index (χ0) is 16.8. The summed E-state index contributed by atoms with van der Waals surface area (Å²) in [4.78, 5) is 11.1. The molecule has 4 heterocycles. The van der Waals surface area contributed by atoms with Crippen LogP contribution in [0.15, 0.2) is 36.7 Å². The van der Waals surface area contributed by atoms with Crippen molar-refractivity contribution in [3.63, 3.8) is 0 Å². The molecule has 0 spiro atoms. The summed E-state index contributed by atoms with van der Waals surface area (Å²) in [6.45, 7) is 4.03. The molecular weight excluding hydrogens is 320 g/mol. The van der Waals surface area contributed by atoms with Crippen molar-refractivity contribution in [3.05, 3.63) is 41.5 Å². The van der Waals surface area contributed by atoms with Gasteiger partial charge in [-0.1, -0.05) is 13.8 Å². The third kappa shape index (κ3) is 2.57. The van der Waals surface area contributed by atoms with Gasteiger partial charge >= 0.3 is 0 Å². The number of thiophene rings is 1. The van der Waals surface area contributed by atoms with E-state index in [1.807, 2.05) is 39.2 Å². The van der Waals surface area contributed by atoms with Crippen LogP contribution in [-0.2, 0) is 7.05 Å². The van der Waals surface area contributed by atoms with Gasteiger partial charge in [-0.25, -0.2) is 9.97 Å². The summed E-state index contributed by atoms with van der Waals surface area (Å²) >= 11 is 1.55. The van der Waals surface area contributed by atoms with Crippen LogP contribution in [0.3, 0.4) is 0 Å². The number of pyridine rings is 2. The average molecular weight is 338 g/mol. The number of hydrogen-bond acceptors (Lipinski definition) is 5. The van der Waals surface area contributed by atoms with Crippen molar-refractivity contribution < 1.29 is 5.11 Å². The minimum Gasteiger partial charge on any atom is -0.387 e. The minimum absolute atomic E-state index is 0.190. The van der Waals surface area contributed by atoms with E-state index in [4.69, 9.17) is 4.98 Å². The van der Waals surface area contributed by atoms with Crippen LogP contribution in [0.4, 0.5) is 0 Å². The molecule has 4 aromatic rings. The highest BCUT2D eigenvalue weighted by molar-refractivity contribution is 7.18. The fourth-order valence-corrected chi connectivity index (χ4v) is 3.94. The Morgan fingerprint density at radius 3 is 2.79 bits per heavy atom. The number of nitrogens with zero attached hydrogens (tertiary/aromatic N) is 4. The molecule has 1 N–H and O–H groups in total. The van der Waals surface area contributed by atoms with Gasteiger partial charge in [-0.05, 0) is 30.2 Å². The number of aromatic nitrogens is 4. The van der Waals surface area contributed by atoms with E-state index in [0.717, 1.165) is 37.4 Å². The third-order valence-corrected chi connectivity index (χ3v) is 5.21. The van der Waals surface area contributed by atoms with Gasteiger partial charge in [0.15, 0.2) is 5.65 Å². The second-order valence-electron chi connectivity index (χ2n) is 6.37. The molecule has 0 amide bonds. The Morgan fingerprint density at radius 2 is 2.00 bits per heavy atom. The molecule has 0 aliphatic rings. The fourth-order valence-electron chi connectivity index (χ4n) is 2.74. The van der Waals surface area contributed by atoms with Gasteiger partial charge < -0.3 is 5.11 Å². The minimum atomic E-state index is -0.443. The topological polar surface area (TPSA) is 63.8 Å². The molecule has 0 saturated heterocycles. The van der Waals surface area contributed by atoms with Crippen molar-refractivity contribution in [2.24, 2.45) is 13.0 Å². The molecule has 4 aromatic heterocycles. The van der Waals surface area contributed by atoms with Crippen LogP contribution in [0.1, 0.15) is 24.8 Å². The highest BCUT2D eigenvalue weighted by Crippen LogP contribution is 2.33. The molecule has 0 aromatic carbocycles. The molecule has 4 rings (SSSR count). The third-order valence-electron chi connectivity index (χ3n) is 4.09. The lowest BCUT2D eigenvalue weighted by atomic mass is 10.1. The molecule has 0 aliphatic heterocycles. The number of aliphatic hydroxyl groups is 1. The lowest BCUT2D eigenvalue weighted by Gasteiger charge is -2.11. The number of rotatable bonds is 3. The molecular formula is C18H18N4OS. The van der Waals surface area contributed by atoms with Gasteiger partial charge in [0.1, 0.15) is 4.83 Å². The Hall–Kier alpha value is -2.31. The van der Waals surface area contributed by atoms with E-state index >= 15 is 0 Å². The van der Waals surface area contributed by atoms with E-state index in [0.29, 0.717) is 0 Å². The summed E-state index contributed by atoms with van der Waals surface area (Å²) in [5.74, 6) is 0.190. The SMILES string of the molecule is CC(C)C(O)c1cc2ccc(-c3cnc4nn(C)cc4c3)nc2s1. The van der Waals surface area contributed by atoms with Gasteiger partial charge in [0.25, 0.3) is 0 Å². The lowest BCUT2D eigenvalue weighted by Crippen LogP contribution is -2.02. The quantitative estimate of drug-likeness (QED) is 0.615. The maximum absolute atomic E-state index is 10.3. The first-order chi connectivity index (χ1) is 11.5. The molecule has 122 valence electrons. The van der Waals surface area contributed by atoms with Gasteiger partial charge in [0.2, 0.25) is 0 Å². The van der Waals surface area contributed by atoms with Crippen LogP contribution < -0.4 is 0 Å². The molecule has 1 unspecified atom stereocenters. The summed E-state index contributed by atoms with van der Waals surface area (Å²) in [6.07, 6.45) is 3.31. The highest BCUT2D eigenvalue weighted by atomic mass is 32.1. The van der Waals surface area contributed by atoms with Crippen LogP contribution in [0.2, 0.25) is 0 Å². The molecule has 0 saturated carbocycles. The van der Waals surface area contributed by atoms with Gasteiger partial charge in [0, 0.05) is 40.7 Å². The zero-order valence-corrected chi connectivity index (χ0v) is 14.6. The fraction of sp³-hybridized carbons (Fsp3) is 0.278. The second kappa shape index (κ2) is 5.65. The van der Waals surface area contributed by atoms with Crippen LogP contribution in [-0.4, -0.2) is 24.9 Å². The van der Waals surface area contributed by atoms with E-state index in [1.54, 1.807) is 22.2 Å². The van der Waals surface area contributed by atoms with E-state index in [1.165, 1.54) is 0 Å². The summed E-state index contributed by atoms with van der Waals surface area (Å²) < 4.78 is 1.76. The number of hydrogen-bond donors (Lipinski definition) is 1. The van der Waals surface area contributed by atoms with E-state index in [9.17, 15) is 5.11 Å². The van der Waals surface area contributed by atoms with Crippen molar-refractivity contribution in [2.75, 3.05) is 0 Å². The average Bonchev–Trinajstić information content (AvgIpc) is 3.14. The van der Waals surface area contributed by atoms with Crippen molar-refractivity contribution in [1.82, 2.24) is 19.7 Å². The van der Waals surface area contributed by atoms with Crippen LogP contribution in [0.5, 0.6) is 0 Å². The maximum Gasteiger partial charge on any atom is 0.181 e. The number of aliphatic hydroxyl groups excluding tert-OH is 1. The number of fused-ring (bicyclic) bond motifs is 2. The monoisotopic (exact) mass is 338 g/mol. The lowest BCUT2D eigenvalue weighted by molar-refractivity contribution is 0.130. The standard InChI is InChI=1S/C18H18N4OS/c1-10(2)16(23)15-7-11-4-5-14(20-18(11)24-15)12-6-13-9-22(3)21-17(13)19-8-12/h4-10,16,23H,1-3H3.